The van der Waals surface area contributed by atoms with Crippen molar-refractivity contribution in [2.45, 2.75) is 26.3 Å². The molecule has 146 valence electrons. The highest BCUT2D eigenvalue weighted by molar-refractivity contribution is 6.18. The predicted molar refractivity (Wildman–Crippen MR) is 116 cm³/mol. The topological polar surface area (TPSA) is 91.1 Å². The number of primary amides is 2. The minimum absolute atomic E-state index is 0.432. The first-order valence-corrected chi connectivity index (χ1v) is 9.72. The summed E-state index contributed by atoms with van der Waals surface area (Å²) in [5.41, 5.74) is 16.4. The molecule has 0 saturated heterocycles. The molecule has 0 radical (unpaired) electrons. The second-order valence-corrected chi connectivity index (χ2v) is 7.31. The third kappa shape index (κ3) is 3.36. The summed E-state index contributed by atoms with van der Waals surface area (Å²) in [6.45, 7) is 2.77. The molecule has 2 amide bonds. The smallest absolute Gasteiger partial charge is 0.249 e. The van der Waals surface area contributed by atoms with E-state index in [0.29, 0.717) is 17.7 Å². The zero-order valence-corrected chi connectivity index (χ0v) is 16.3. The molecule has 0 spiro atoms. The molecule has 29 heavy (non-hydrogen) atoms. The monoisotopic (exact) mass is 385 g/mol. The normalized spacial score (nSPS) is 11.2. The van der Waals surface area contributed by atoms with Crippen molar-refractivity contribution in [3.8, 4) is 0 Å². The van der Waals surface area contributed by atoms with Gasteiger partial charge in [0.1, 0.15) is 0 Å². The maximum absolute atomic E-state index is 12.1. The van der Waals surface area contributed by atoms with Gasteiger partial charge >= 0.3 is 0 Å². The maximum atomic E-state index is 12.1. The number of benzene rings is 3. The Hall–Kier alpha value is -3.60. The van der Waals surface area contributed by atoms with E-state index in [1.165, 1.54) is 5.56 Å². The second kappa shape index (κ2) is 7.43. The van der Waals surface area contributed by atoms with Crippen LogP contribution >= 0.6 is 0 Å². The Kier molecular flexibility index (Phi) is 4.80. The molecule has 1 heterocycles. The van der Waals surface area contributed by atoms with Crippen LogP contribution in [0.3, 0.4) is 0 Å². The first kappa shape index (κ1) is 18.7. The second-order valence-electron chi connectivity index (χ2n) is 7.31. The van der Waals surface area contributed by atoms with Crippen LogP contribution in [-0.4, -0.2) is 16.4 Å². The Morgan fingerprint density at radius 3 is 2.24 bits per heavy atom. The largest absolute Gasteiger partial charge is 0.366 e. The highest BCUT2D eigenvalue weighted by atomic mass is 16.1. The van der Waals surface area contributed by atoms with Crippen LogP contribution in [0.5, 0.6) is 0 Å². The lowest BCUT2D eigenvalue weighted by Crippen LogP contribution is -2.11. The number of carbonyl (C=O) groups is 2. The number of fused-ring (bicyclic) bond motifs is 3. The Morgan fingerprint density at radius 2 is 1.59 bits per heavy atom. The summed E-state index contributed by atoms with van der Waals surface area (Å²) in [6, 6.07) is 19.3. The standard InChI is InChI=1S/C24H23N3O2/c1-2-4-15-9-12-18-21(13-15)27(14-16-7-10-17(11-8-16)23(25)28)20-6-3-5-19(22(18)20)24(26)29/h3,5-13H,2,4,14H2,1H3,(H2,25,28)(H2,26,29). The Bertz CT molecular complexity index is 1240. The molecule has 0 saturated carbocycles. The van der Waals surface area contributed by atoms with Gasteiger partial charge in [0.15, 0.2) is 0 Å². The number of carbonyl (C=O) groups excluding carboxylic acids is 2. The Labute approximate surface area is 168 Å². The molecule has 4 aromatic rings. The molecule has 5 nitrogen and oxygen atoms in total. The quantitative estimate of drug-likeness (QED) is 0.525. The van der Waals surface area contributed by atoms with E-state index < -0.39 is 11.8 Å². The van der Waals surface area contributed by atoms with E-state index >= 15 is 0 Å². The SMILES string of the molecule is CCCc1ccc2c3c(C(N)=O)cccc3n(Cc3ccc(C(N)=O)cc3)c2c1. The number of aromatic nitrogens is 1. The summed E-state index contributed by atoms with van der Waals surface area (Å²) in [4.78, 5) is 23.4. The average Bonchev–Trinajstić information content (AvgIpc) is 3.02. The van der Waals surface area contributed by atoms with Crippen molar-refractivity contribution in [1.82, 2.24) is 4.57 Å². The molecular weight excluding hydrogens is 362 g/mol. The minimum atomic E-state index is -0.441. The molecule has 4 rings (SSSR count). The molecule has 0 aliphatic rings. The van der Waals surface area contributed by atoms with E-state index in [-0.39, 0.29) is 0 Å². The molecular formula is C24H23N3O2. The van der Waals surface area contributed by atoms with Gasteiger partial charge in [0.25, 0.3) is 0 Å². The molecule has 0 aliphatic heterocycles. The van der Waals surface area contributed by atoms with Crippen LogP contribution in [0.2, 0.25) is 0 Å². The van der Waals surface area contributed by atoms with Gasteiger partial charge in [0.2, 0.25) is 11.8 Å². The lowest BCUT2D eigenvalue weighted by molar-refractivity contribution is 0.0992. The summed E-state index contributed by atoms with van der Waals surface area (Å²) in [6.07, 6.45) is 2.06. The van der Waals surface area contributed by atoms with Crippen LogP contribution < -0.4 is 11.5 Å². The number of nitrogens with zero attached hydrogens (tertiary/aromatic N) is 1. The van der Waals surface area contributed by atoms with Gasteiger partial charge in [0.05, 0.1) is 5.52 Å². The number of aryl methyl sites for hydroxylation is 1. The van der Waals surface area contributed by atoms with E-state index in [4.69, 9.17) is 11.5 Å². The summed E-state index contributed by atoms with van der Waals surface area (Å²) in [5.74, 6) is -0.873. The van der Waals surface area contributed by atoms with Crippen molar-refractivity contribution in [3.05, 3.63) is 82.9 Å². The van der Waals surface area contributed by atoms with E-state index in [0.717, 1.165) is 40.2 Å². The fraction of sp³-hybridized carbons (Fsp3) is 0.167. The first-order chi connectivity index (χ1) is 14.0. The fourth-order valence-electron chi connectivity index (χ4n) is 3.97. The van der Waals surface area contributed by atoms with Crippen molar-refractivity contribution in [3.63, 3.8) is 0 Å². The third-order valence-electron chi connectivity index (χ3n) is 5.34. The van der Waals surface area contributed by atoms with Gasteiger partial charge in [-0.15, -0.1) is 0 Å². The number of nitrogens with two attached hydrogens (primary N) is 2. The van der Waals surface area contributed by atoms with Gasteiger partial charge in [-0.1, -0.05) is 43.7 Å². The van der Waals surface area contributed by atoms with Crippen molar-refractivity contribution in [2.75, 3.05) is 0 Å². The summed E-state index contributed by atoms with van der Waals surface area (Å²) in [5, 5.41) is 1.90. The zero-order chi connectivity index (χ0) is 20.5. The van der Waals surface area contributed by atoms with Crippen molar-refractivity contribution >= 4 is 33.6 Å². The third-order valence-corrected chi connectivity index (χ3v) is 5.34. The maximum Gasteiger partial charge on any atom is 0.249 e. The number of rotatable bonds is 6. The Balaban J connectivity index is 1.94. The lowest BCUT2D eigenvalue weighted by Gasteiger charge is -2.09. The molecule has 5 heteroatoms. The highest BCUT2D eigenvalue weighted by Gasteiger charge is 2.17. The van der Waals surface area contributed by atoms with Gasteiger partial charge in [-0.05, 0) is 47.9 Å². The number of amides is 2. The molecule has 0 bridgehead atoms. The number of hydrogen-bond donors (Lipinski definition) is 2. The Morgan fingerprint density at radius 1 is 0.862 bits per heavy atom. The van der Waals surface area contributed by atoms with Gasteiger partial charge in [-0.2, -0.15) is 0 Å². The first-order valence-electron chi connectivity index (χ1n) is 9.72. The van der Waals surface area contributed by atoms with E-state index in [1.807, 2.05) is 24.3 Å². The van der Waals surface area contributed by atoms with Crippen LogP contribution in [0.1, 0.15) is 45.2 Å². The van der Waals surface area contributed by atoms with E-state index in [2.05, 4.69) is 29.7 Å². The lowest BCUT2D eigenvalue weighted by atomic mass is 10.0. The highest BCUT2D eigenvalue weighted by Crippen LogP contribution is 2.33. The van der Waals surface area contributed by atoms with E-state index in [1.54, 1.807) is 18.2 Å². The summed E-state index contributed by atoms with van der Waals surface area (Å²) in [7, 11) is 0. The van der Waals surface area contributed by atoms with Gasteiger partial charge in [-0.25, -0.2) is 0 Å². The average molecular weight is 385 g/mol. The van der Waals surface area contributed by atoms with Crippen molar-refractivity contribution in [1.29, 1.82) is 0 Å². The molecule has 0 atom stereocenters. The van der Waals surface area contributed by atoms with Crippen LogP contribution in [0.15, 0.2) is 60.7 Å². The van der Waals surface area contributed by atoms with E-state index in [9.17, 15) is 9.59 Å². The van der Waals surface area contributed by atoms with Gasteiger partial charge < -0.3 is 16.0 Å². The summed E-state index contributed by atoms with van der Waals surface area (Å²) < 4.78 is 2.20. The predicted octanol–water partition coefficient (Wildman–Crippen LogP) is 3.99. The summed E-state index contributed by atoms with van der Waals surface area (Å²) >= 11 is 0. The van der Waals surface area contributed by atoms with Crippen LogP contribution in [0, 0.1) is 0 Å². The molecule has 3 aromatic carbocycles. The van der Waals surface area contributed by atoms with Crippen LogP contribution in [0.4, 0.5) is 0 Å². The minimum Gasteiger partial charge on any atom is -0.366 e. The number of hydrogen-bond acceptors (Lipinski definition) is 2. The van der Waals surface area contributed by atoms with Crippen LogP contribution in [-0.2, 0) is 13.0 Å². The van der Waals surface area contributed by atoms with Gasteiger partial charge in [-0.3, -0.25) is 9.59 Å². The van der Waals surface area contributed by atoms with Gasteiger partial charge in [0, 0.05) is 34.0 Å². The van der Waals surface area contributed by atoms with Crippen molar-refractivity contribution < 1.29 is 9.59 Å². The molecule has 4 N–H and O–H groups in total. The molecule has 0 unspecified atom stereocenters. The van der Waals surface area contributed by atoms with Crippen molar-refractivity contribution in [2.24, 2.45) is 11.5 Å². The zero-order valence-electron chi connectivity index (χ0n) is 16.3. The molecule has 0 aliphatic carbocycles. The van der Waals surface area contributed by atoms with Crippen LogP contribution in [0.25, 0.3) is 21.8 Å². The molecule has 1 aromatic heterocycles. The fourth-order valence-corrected chi connectivity index (χ4v) is 3.97. The molecule has 0 fully saturated rings.